The summed E-state index contributed by atoms with van der Waals surface area (Å²) in [4.78, 5) is 21.5. The highest BCUT2D eigenvalue weighted by Gasteiger charge is 2.34. The molecule has 2 atom stereocenters. The first-order chi connectivity index (χ1) is 23.0. The minimum Gasteiger partial charge on any atom is -0.463 e. The molecule has 16 heteroatoms. The van der Waals surface area contributed by atoms with Crippen molar-refractivity contribution in [1.29, 1.82) is 0 Å². The largest absolute Gasteiger partial charge is 0.463 e. The minimum atomic E-state index is -4.69. The van der Waals surface area contributed by atoms with Crippen molar-refractivity contribution in [2.24, 2.45) is 21.5 Å². The molecule has 4 heterocycles. The summed E-state index contributed by atoms with van der Waals surface area (Å²) in [6.07, 6.45) is 0.952. The van der Waals surface area contributed by atoms with Crippen LogP contribution < -0.4 is 21.5 Å². The SMILES string of the molecule is NC1=NC(CCc2ccc(N(c3cc(C(F)(F)F)cc(Cl)n3)N(c3ccc(CCC4COC(N)=N4)cc3)c3nccnc3Cl)cc2)CO1. The molecule has 11 nitrogen and oxygen atoms in total. The third kappa shape index (κ3) is 7.82. The van der Waals surface area contributed by atoms with Gasteiger partial charge in [0.15, 0.2) is 16.8 Å². The molecule has 0 saturated heterocycles. The molecule has 0 fully saturated rings. The molecule has 2 aromatic heterocycles. The first-order valence-electron chi connectivity index (χ1n) is 14.9. The van der Waals surface area contributed by atoms with Gasteiger partial charge in [0, 0.05) is 12.4 Å². The zero-order valence-electron chi connectivity index (χ0n) is 25.3. The Morgan fingerprint density at radius 3 is 1.75 bits per heavy atom. The number of rotatable bonds is 11. The summed E-state index contributed by atoms with van der Waals surface area (Å²) in [5.74, 6) is 0.0221. The minimum absolute atomic E-state index is 0.0107. The van der Waals surface area contributed by atoms with Crippen molar-refractivity contribution in [2.45, 2.75) is 43.9 Å². The Kier molecular flexibility index (Phi) is 9.73. The molecule has 250 valence electrons. The number of pyridine rings is 1. The summed E-state index contributed by atoms with van der Waals surface area (Å²) < 4.78 is 52.7. The number of hydrogen-bond donors (Lipinski definition) is 2. The van der Waals surface area contributed by atoms with Crippen molar-refractivity contribution in [1.82, 2.24) is 15.0 Å². The third-order valence-corrected chi connectivity index (χ3v) is 8.18. The molecule has 2 aromatic carbocycles. The second-order valence-corrected chi connectivity index (χ2v) is 11.8. The van der Waals surface area contributed by atoms with Gasteiger partial charge in [0.2, 0.25) is 0 Å². The number of ether oxygens (including phenoxy) is 2. The summed E-state index contributed by atoms with van der Waals surface area (Å²) in [5, 5.41) is 2.69. The fraction of sp³-hybridized carbons (Fsp3) is 0.281. The van der Waals surface area contributed by atoms with Crippen molar-refractivity contribution in [2.75, 3.05) is 23.2 Å². The van der Waals surface area contributed by atoms with E-state index in [1.54, 1.807) is 17.1 Å². The van der Waals surface area contributed by atoms with Gasteiger partial charge in [-0.25, -0.2) is 35.0 Å². The van der Waals surface area contributed by atoms with Crippen LogP contribution in [0.25, 0.3) is 0 Å². The lowest BCUT2D eigenvalue weighted by Gasteiger charge is -2.37. The van der Waals surface area contributed by atoms with Crippen molar-refractivity contribution in [3.63, 3.8) is 0 Å². The number of anilines is 4. The molecule has 6 rings (SSSR count). The van der Waals surface area contributed by atoms with Gasteiger partial charge in [-0.1, -0.05) is 47.5 Å². The Labute approximate surface area is 284 Å². The van der Waals surface area contributed by atoms with E-state index in [1.165, 1.54) is 17.4 Å². The second kappa shape index (κ2) is 14.1. The average molecular weight is 701 g/mol. The maximum absolute atomic E-state index is 14.1. The Hall–Kier alpha value is -4.82. The summed E-state index contributed by atoms with van der Waals surface area (Å²) in [6, 6.07) is 16.7. The monoisotopic (exact) mass is 699 g/mol. The summed E-state index contributed by atoms with van der Waals surface area (Å²) in [7, 11) is 0. The molecular weight excluding hydrogens is 670 g/mol. The van der Waals surface area contributed by atoms with Crippen LogP contribution in [-0.4, -0.2) is 52.3 Å². The van der Waals surface area contributed by atoms with E-state index in [1.807, 2.05) is 36.4 Å². The van der Waals surface area contributed by atoms with Gasteiger partial charge in [-0.3, -0.25) is 0 Å². The fourth-order valence-electron chi connectivity index (χ4n) is 5.34. The molecule has 0 spiro atoms. The predicted molar refractivity (Wildman–Crippen MR) is 178 cm³/mol. The van der Waals surface area contributed by atoms with E-state index < -0.39 is 11.7 Å². The molecule has 0 saturated carbocycles. The van der Waals surface area contributed by atoms with Crippen LogP contribution in [0.15, 0.2) is 83.0 Å². The van der Waals surface area contributed by atoms with E-state index in [0.29, 0.717) is 43.9 Å². The van der Waals surface area contributed by atoms with E-state index in [4.69, 9.17) is 44.1 Å². The topological polar surface area (TPSA) is 140 Å². The maximum Gasteiger partial charge on any atom is 0.416 e. The number of amidine groups is 2. The van der Waals surface area contributed by atoms with Gasteiger partial charge >= 0.3 is 6.18 Å². The predicted octanol–water partition coefficient (Wildman–Crippen LogP) is 6.38. The van der Waals surface area contributed by atoms with Gasteiger partial charge in [-0.15, -0.1) is 0 Å². The van der Waals surface area contributed by atoms with Crippen molar-refractivity contribution in [3.05, 3.63) is 100 Å². The average Bonchev–Trinajstić information content (AvgIpc) is 3.69. The lowest BCUT2D eigenvalue weighted by Crippen LogP contribution is -2.37. The van der Waals surface area contributed by atoms with Crippen LogP contribution in [-0.2, 0) is 28.5 Å². The lowest BCUT2D eigenvalue weighted by molar-refractivity contribution is -0.137. The number of hydrazine groups is 1. The molecule has 4 aromatic rings. The number of hydrogen-bond acceptors (Lipinski definition) is 11. The normalized spacial score (nSPS) is 17.4. The van der Waals surface area contributed by atoms with Crippen LogP contribution in [0.4, 0.5) is 36.2 Å². The van der Waals surface area contributed by atoms with Crippen LogP contribution in [0.5, 0.6) is 0 Å². The first-order valence-corrected chi connectivity index (χ1v) is 15.7. The van der Waals surface area contributed by atoms with Crippen LogP contribution in [0.2, 0.25) is 10.3 Å². The van der Waals surface area contributed by atoms with Crippen LogP contribution in [0, 0.1) is 0 Å². The van der Waals surface area contributed by atoms with Crippen molar-refractivity contribution < 1.29 is 22.6 Å². The van der Waals surface area contributed by atoms with E-state index in [9.17, 15) is 13.2 Å². The number of aromatic nitrogens is 3. The number of nitrogens with two attached hydrogens (primary N) is 2. The quantitative estimate of drug-likeness (QED) is 0.135. The molecule has 0 amide bonds. The summed E-state index contributed by atoms with van der Waals surface area (Å²) >= 11 is 12.8. The molecule has 2 unspecified atom stereocenters. The number of halogens is 5. The standard InChI is InChI=1S/C32H30Cl2F3N9O2/c33-26-15-21(32(35,36)37)16-27(44-26)45(24-9-3-19(4-10-24)1-7-22-17-47-30(38)42-22)46(29-28(34)40-13-14-41-29)25-11-5-20(6-12-25)2-8-23-18-48-31(39)43-23/h3-6,9-16,22-23H,1-2,7-8,17-18H2,(H2,38,42)(H2,39,43). The molecule has 0 aliphatic carbocycles. The fourth-order valence-corrected chi connectivity index (χ4v) is 5.73. The van der Waals surface area contributed by atoms with Gasteiger partial charge in [0.1, 0.15) is 18.4 Å². The summed E-state index contributed by atoms with van der Waals surface area (Å²) in [5.41, 5.74) is 13.3. The Bertz CT molecular complexity index is 1810. The Morgan fingerprint density at radius 1 is 0.750 bits per heavy atom. The first kappa shape index (κ1) is 33.1. The zero-order valence-corrected chi connectivity index (χ0v) is 26.8. The number of alkyl halides is 3. The van der Waals surface area contributed by atoms with E-state index in [2.05, 4.69) is 24.9 Å². The van der Waals surface area contributed by atoms with Gasteiger partial charge in [0.05, 0.1) is 29.0 Å². The highest BCUT2D eigenvalue weighted by Crippen LogP contribution is 2.40. The van der Waals surface area contributed by atoms with Crippen LogP contribution in [0.3, 0.4) is 0 Å². The number of benzene rings is 2. The zero-order chi connectivity index (χ0) is 33.8. The van der Waals surface area contributed by atoms with Crippen LogP contribution >= 0.6 is 23.2 Å². The number of nitrogens with zero attached hydrogens (tertiary/aromatic N) is 7. The molecule has 0 bridgehead atoms. The highest BCUT2D eigenvalue weighted by molar-refractivity contribution is 6.32. The van der Waals surface area contributed by atoms with E-state index in [0.717, 1.165) is 29.7 Å². The van der Waals surface area contributed by atoms with Crippen molar-refractivity contribution in [3.8, 4) is 0 Å². The van der Waals surface area contributed by atoms with Gasteiger partial charge in [-0.2, -0.15) is 13.2 Å². The Morgan fingerprint density at radius 2 is 1.27 bits per heavy atom. The van der Waals surface area contributed by atoms with Crippen molar-refractivity contribution >= 4 is 58.3 Å². The molecule has 0 radical (unpaired) electrons. The third-order valence-electron chi connectivity index (χ3n) is 7.72. The number of aliphatic imine (C=N–C) groups is 2. The number of aryl methyl sites for hydroxylation is 2. The van der Waals surface area contributed by atoms with Crippen LogP contribution in [0.1, 0.15) is 29.5 Å². The molecule has 48 heavy (non-hydrogen) atoms. The van der Waals surface area contributed by atoms with E-state index >= 15 is 0 Å². The molecule has 2 aliphatic heterocycles. The highest BCUT2D eigenvalue weighted by atomic mass is 35.5. The molecule has 2 aliphatic rings. The lowest BCUT2D eigenvalue weighted by atomic mass is 10.1. The van der Waals surface area contributed by atoms with Gasteiger partial charge < -0.3 is 20.9 Å². The smallest absolute Gasteiger partial charge is 0.416 e. The van der Waals surface area contributed by atoms with Gasteiger partial charge in [-0.05, 0) is 73.2 Å². The molecule has 4 N–H and O–H groups in total. The van der Waals surface area contributed by atoms with E-state index in [-0.39, 0.29) is 46.1 Å². The maximum atomic E-state index is 14.1. The second-order valence-electron chi connectivity index (χ2n) is 11.1. The molecular formula is C32H30Cl2F3N9O2. The summed E-state index contributed by atoms with van der Waals surface area (Å²) in [6.45, 7) is 0.852. The Balaban J connectivity index is 1.40. The van der Waals surface area contributed by atoms with Gasteiger partial charge in [0.25, 0.3) is 12.0 Å².